The predicted octanol–water partition coefficient (Wildman–Crippen LogP) is 2.94. The Kier molecular flexibility index (Phi) is 3.99. The number of hydrogen-bond acceptors (Lipinski definition) is 3. The third kappa shape index (κ3) is 2.32. The molecule has 0 fully saturated rings. The Balaban J connectivity index is 3.21. The van der Waals surface area contributed by atoms with Crippen LogP contribution in [0.25, 0.3) is 0 Å². The molecule has 0 unspecified atom stereocenters. The molecule has 1 rings (SSSR count). The Morgan fingerprint density at radius 1 is 1.54 bits per heavy atom. The zero-order valence-corrected chi connectivity index (χ0v) is 8.77. The predicted molar refractivity (Wildman–Crippen MR) is 59.7 cm³/mol. The van der Waals surface area contributed by atoms with E-state index in [-0.39, 0.29) is 0 Å². The molecule has 0 saturated heterocycles. The van der Waals surface area contributed by atoms with Crippen molar-refractivity contribution in [2.24, 2.45) is 10.1 Å². The molecule has 2 N–H and O–H groups in total. The average molecular weight is 194 g/mol. The summed E-state index contributed by atoms with van der Waals surface area (Å²) in [7, 11) is 0. The van der Waals surface area contributed by atoms with Gasteiger partial charge in [0.25, 0.3) is 0 Å². The molecule has 0 spiro atoms. The van der Waals surface area contributed by atoms with Crippen LogP contribution in [0, 0.1) is 0 Å². The Morgan fingerprint density at radius 2 is 2.31 bits per heavy atom. The molecule has 1 aromatic rings. The number of aliphatic imine (C=N–C) groups is 1. The van der Waals surface area contributed by atoms with Gasteiger partial charge in [0.05, 0.1) is 5.69 Å². The third-order valence-electron chi connectivity index (χ3n) is 1.85. The highest BCUT2D eigenvalue weighted by Gasteiger charge is 2.03. The van der Waals surface area contributed by atoms with E-state index in [2.05, 4.69) is 18.0 Å². The zero-order chi connectivity index (χ0) is 9.68. The summed E-state index contributed by atoms with van der Waals surface area (Å²) in [5.74, 6) is 0. The lowest BCUT2D eigenvalue weighted by Gasteiger charge is -2.06. The van der Waals surface area contributed by atoms with Crippen LogP contribution in [0.3, 0.4) is 0 Å². The van der Waals surface area contributed by atoms with Crippen LogP contribution in [0.4, 0.5) is 5.69 Å². The van der Waals surface area contributed by atoms with Gasteiger partial charge in [-0.3, -0.25) is 10.1 Å². The number of nitrogens with two attached hydrogens (primary N) is 1. The first-order chi connectivity index (χ1) is 6.33. The highest BCUT2D eigenvalue weighted by Crippen LogP contribution is 2.30. The molecule has 0 heterocycles. The van der Waals surface area contributed by atoms with Crippen molar-refractivity contribution in [2.75, 3.05) is 0 Å². The zero-order valence-electron chi connectivity index (χ0n) is 7.95. The van der Waals surface area contributed by atoms with E-state index in [9.17, 15) is 0 Å². The van der Waals surface area contributed by atoms with E-state index in [0.29, 0.717) is 0 Å². The van der Waals surface area contributed by atoms with Crippen molar-refractivity contribution in [3.63, 3.8) is 0 Å². The van der Waals surface area contributed by atoms with Crippen LogP contribution < -0.4 is 5.14 Å². The van der Waals surface area contributed by atoms with Crippen LogP contribution in [0.2, 0.25) is 0 Å². The second-order valence-corrected chi connectivity index (χ2v) is 3.30. The SMILES string of the molecule is CC=Nc1c(CC)cccc1SN. The van der Waals surface area contributed by atoms with Gasteiger partial charge >= 0.3 is 0 Å². The average Bonchev–Trinajstić information content (AvgIpc) is 2.18. The van der Waals surface area contributed by atoms with Crippen molar-refractivity contribution in [3.8, 4) is 0 Å². The number of nitrogens with zero attached hydrogens (tertiary/aromatic N) is 1. The fraction of sp³-hybridized carbons (Fsp3) is 0.300. The fourth-order valence-corrected chi connectivity index (χ4v) is 1.68. The summed E-state index contributed by atoms with van der Waals surface area (Å²) in [4.78, 5) is 5.36. The monoisotopic (exact) mass is 194 g/mol. The van der Waals surface area contributed by atoms with E-state index < -0.39 is 0 Å². The second kappa shape index (κ2) is 5.04. The maximum atomic E-state index is 5.55. The van der Waals surface area contributed by atoms with Crippen molar-refractivity contribution < 1.29 is 0 Å². The van der Waals surface area contributed by atoms with Crippen LogP contribution in [0.5, 0.6) is 0 Å². The van der Waals surface area contributed by atoms with E-state index in [1.807, 2.05) is 19.1 Å². The fourth-order valence-electron chi connectivity index (χ4n) is 1.22. The van der Waals surface area contributed by atoms with Gasteiger partial charge in [-0.2, -0.15) is 0 Å². The molecule has 0 aromatic heterocycles. The van der Waals surface area contributed by atoms with Gasteiger partial charge in [-0.1, -0.05) is 19.1 Å². The van der Waals surface area contributed by atoms with Crippen molar-refractivity contribution >= 4 is 23.8 Å². The molecule has 3 heteroatoms. The van der Waals surface area contributed by atoms with E-state index in [0.717, 1.165) is 17.0 Å². The third-order valence-corrected chi connectivity index (χ3v) is 2.43. The summed E-state index contributed by atoms with van der Waals surface area (Å²) in [6.07, 6.45) is 2.79. The molecule has 0 amide bonds. The molecule has 2 nitrogen and oxygen atoms in total. The highest BCUT2D eigenvalue weighted by molar-refractivity contribution is 7.97. The molecule has 0 radical (unpaired) electrons. The minimum Gasteiger partial charge on any atom is -0.274 e. The summed E-state index contributed by atoms with van der Waals surface area (Å²) >= 11 is 1.25. The Bertz CT molecular complexity index is 286. The molecule has 70 valence electrons. The quantitative estimate of drug-likeness (QED) is 0.593. The molecule has 13 heavy (non-hydrogen) atoms. The van der Waals surface area contributed by atoms with Gasteiger partial charge in [-0.05, 0) is 36.9 Å². The number of benzene rings is 1. The van der Waals surface area contributed by atoms with E-state index in [1.165, 1.54) is 17.5 Å². The Labute approximate surface area is 83.4 Å². The van der Waals surface area contributed by atoms with Gasteiger partial charge < -0.3 is 0 Å². The maximum absolute atomic E-state index is 5.55. The number of hydrogen-bond donors (Lipinski definition) is 1. The van der Waals surface area contributed by atoms with Gasteiger partial charge in [0.2, 0.25) is 0 Å². The summed E-state index contributed by atoms with van der Waals surface area (Å²) in [6, 6.07) is 6.09. The number of aryl methyl sites for hydroxylation is 1. The molecule has 0 bridgehead atoms. The molecule has 1 aromatic carbocycles. The van der Waals surface area contributed by atoms with Gasteiger partial charge in [-0.25, -0.2) is 0 Å². The first-order valence-electron chi connectivity index (χ1n) is 4.30. The number of para-hydroxylation sites is 1. The Hall–Kier alpha value is -0.800. The molecule has 0 atom stereocenters. The first kappa shape index (κ1) is 10.3. The smallest absolute Gasteiger partial charge is 0.0806 e. The van der Waals surface area contributed by atoms with Crippen molar-refractivity contribution in [3.05, 3.63) is 23.8 Å². The van der Waals surface area contributed by atoms with E-state index in [4.69, 9.17) is 5.14 Å². The normalized spacial score (nSPS) is 11.0. The topological polar surface area (TPSA) is 38.4 Å². The van der Waals surface area contributed by atoms with Gasteiger partial charge in [-0.15, -0.1) is 0 Å². The highest BCUT2D eigenvalue weighted by atomic mass is 32.2. The van der Waals surface area contributed by atoms with Crippen LogP contribution in [0.1, 0.15) is 19.4 Å². The molecular formula is C10H14N2S. The summed E-state index contributed by atoms with van der Waals surface area (Å²) in [5.41, 5.74) is 2.26. The van der Waals surface area contributed by atoms with Gasteiger partial charge in [0, 0.05) is 11.1 Å². The first-order valence-corrected chi connectivity index (χ1v) is 5.18. The lowest BCUT2D eigenvalue weighted by atomic mass is 10.1. The van der Waals surface area contributed by atoms with Crippen LogP contribution in [-0.2, 0) is 6.42 Å². The summed E-state index contributed by atoms with van der Waals surface area (Å²) in [5, 5.41) is 5.55. The van der Waals surface area contributed by atoms with E-state index in [1.54, 1.807) is 6.21 Å². The maximum Gasteiger partial charge on any atom is 0.0806 e. The molecule has 0 aliphatic heterocycles. The van der Waals surface area contributed by atoms with Crippen molar-refractivity contribution in [2.45, 2.75) is 25.2 Å². The van der Waals surface area contributed by atoms with Crippen molar-refractivity contribution in [1.82, 2.24) is 0 Å². The lowest BCUT2D eigenvalue weighted by Crippen LogP contribution is -1.86. The summed E-state index contributed by atoms with van der Waals surface area (Å²) < 4.78 is 0. The van der Waals surface area contributed by atoms with Crippen LogP contribution >= 0.6 is 11.9 Å². The Morgan fingerprint density at radius 3 is 2.85 bits per heavy atom. The van der Waals surface area contributed by atoms with Crippen molar-refractivity contribution in [1.29, 1.82) is 0 Å². The van der Waals surface area contributed by atoms with Crippen LogP contribution in [0.15, 0.2) is 28.1 Å². The minimum absolute atomic E-state index is 0.987. The number of rotatable bonds is 3. The molecule has 0 aliphatic carbocycles. The largest absolute Gasteiger partial charge is 0.274 e. The molecular weight excluding hydrogens is 180 g/mol. The second-order valence-electron chi connectivity index (χ2n) is 2.62. The van der Waals surface area contributed by atoms with Crippen LogP contribution in [-0.4, -0.2) is 6.21 Å². The standard InChI is InChI=1S/C10H14N2S/c1-3-8-6-5-7-9(13-11)10(8)12-4-2/h4-7H,3,11H2,1-2H3. The van der Waals surface area contributed by atoms with Gasteiger partial charge in [0.1, 0.15) is 0 Å². The summed E-state index contributed by atoms with van der Waals surface area (Å²) in [6.45, 7) is 4.03. The van der Waals surface area contributed by atoms with Gasteiger partial charge in [0.15, 0.2) is 0 Å². The molecule has 0 aliphatic rings. The minimum atomic E-state index is 0.987. The lowest BCUT2D eigenvalue weighted by molar-refractivity contribution is 1.11. The van der Waals surface area contributed by atoms with E-state index >= 15 is 0 Å². The molecule has 0 saturated carbocycles.